The molecule has 0 radical (unpaired) electrons. The number of hydrogen-bond donors (Lipinski definition) is 1. The zero-order valence-corrected chi connectivity index (χ0v) is 13.3. The molecule has 1 aliphatic rings. The van der Waals surface area contributed by atoms with Crippen LogP contribution >= 0.6 is 0 Å². The Hall–Kier alpha value is -0.840. The van der Waals surface area contributed by atoms with Gasteiger partial charge >= 0.3 is 0 Å². The number of furan rings is 1. The standard InChI is InChI=1S/C16H28N2O2/c1-13-14(12-18-6-5-8-19-9-7-18)10-15(20-13)11-17-16(2,3)4/h10,17H,5-9,11-12H2,1-4H3. The van der Waals surface area contributed by atoms with Crippen LogP contribution in [0.3, 0.4) is 0 Å². The Morgan fingerprint density at radius 3 is 2.80 bits per heavy atom. The van der Waals surface area contributed by atoms with Crippen LogP contribution in [0.2, 0.25) is 0 Å². The molecule has 1 aromatic heterocycles. The molecule has 0 spiro atoms. The van der Waals surface area contributed by atoms with Crippen LogP contribution in [0.4, 0.5) is 0 Å². The molecule has 1 aromatic rings. The number of nitrogens with one attached hydrogen (secondary N) is 1. The number of hydrogen-bond acceptors (Lipinski definition) is 4. The molecule has 2 rings (SSSR count). The van der Waals surface area contributed by atoms with Crippen molar-refractivity contribution in [1.29, 1.82) is 0 Å². The van der Waals surface area contributed by atoms with Gasteiger partial charge in [-0.15, -0.1) is 0 Å². The second-order valence-corrected chi connectivity index (χ2v) is 6.64. The van der Waals surface area contributed by atoms with Crippen molar-refractivity contribution in [2.45, 2.75) is 52.7 Å². The quantitative estimate of drug-likeness (QED) is 0.920. The summed E-state index contributed by atoms with van der Waals surface area (Å²) in [6.07, 6.45) is 1.12. The van der Waals surface area contributed by atoms with Gasteiger partial charge in [-0.25, -0.2) is 0 Å². The van der Waals surface area contributed by atoms with Gasteiger partial charge in [0.15, 0.2) is 0 Å². The van der Waals surface area contributed by atoms with E-state index in [0.717, 1.165) is 57.3 Å². The van der Waals surface area contributed by atoms with Crippen LogP contribution in [0.25, 0.3) is 0 Å². The lowest BCUT2D eigenvalue weighted by atomic mass is 10.1. The summed E-state index contributed by atoms with van der Waals surface area (Å²) < 4.78 is 11.4. The van der Waals surface area contributed by atoms with Crippen molar-refractivity contribution in [3.8, 4) is 0 Å². The first-order valence-corrected chi connectivity index (χ1v) is 7.57. The highest BCUT2D eigenvalue weighted by Crippen LogP contribution is 2.18. The SMILES string of the molecule is Cc1oc(CNC(C)(C)C)cc1CN1CCCOCC1. The van der Waals surface area contributed by atoms with Crippen LogP contribution in [-0.4, -0.2) is 36.7 Å². The van der Waals surface area contributed by atoms with E-state index in [9.17, 15) is 0 Å². The van der Waals surface area contributed by atoms with E-state index in [-0.39, 0.29) is 5.54 Å². The zero-order chi connectivity index (χ0) is 14.6. The van der Waals surface area contributed by atoms with E-state index in [1.165, 1.54) is 5.56 Å². The van der Waals surface area contributed by atoms with Crippen molar-refractivity contribution < 1.29 is 9.15 Å². The fourth-order valence-electron chi connectivity index (χ4n) is 2.38. The molecule has 0 aromatic carbocycles. The lowest BCUT2D eigenvalue weighted by Crippen LogP contribution is -2.34. The Morgan fingerprint density at radius 2 is 2.05 bits per heavy atom. The Morgan fingerprint density at radius 1 is 1.25 bits per heavy atom. The third-order valence-corrected chi connectivity index (χ3v) is 3.57. The maximum Gasteiger partial charge on any atom is 0.118 e. The van der Waals surface area contributed by atoms with Gasteiger partial charge in [-0.1, -0.05) is 0 Å². The van der Waals surface area contributed by atoms with E-state index >= 15 is 0 Å². The maximum atomic E-state index is 5.86. The molecule has 0 aliphatic carbocycles. The third kappa shape index (κ3) is 4.93. The zero-order valence-electron chi connectivity index (χ0n) is 13.3. The summed E-state index contributed by atoms with van der Waals surface area (Å²) in [6, 6.07) is 2.19. The highest BCUT2D eigenvalue weighted by Gasteiger charge is 2.15. The van der Waals surface area contributed by atoms with Gasteiger partial charge in [0.1, 0.15) is 11.5 Å². The molecule has 0 atom stereocenters. The lowest BCUT2D eigenvalue weighted by Gasteiger charge is -2.19. The highest BCUT2D eigenvalue weighted by atomic mass is 16.5. The van der Waals surface area contributed by atoms with Crippen LogP contribution in [0, 0.1) is 6.92 Å². The molecule has 20 heavy (non-hydrogen) atoms. The van der Waals surface area contributed by atoms with E-state index in [2.05, 4.69) is 44.0 Å². The Bertz CT molecular complexity index is 413. The van der Waals surface area contributed by atoms with Crippen LogP contribution < -0.4 is 5.32 Å². The molecule has 0 bridgehead atoms. The molecule has 2 heterocycles. The summed E-state index contributed by atoms with van der Waals surface area (Å²) in [6.45, 7) is 14.2. The minimum Gasteiger partial charge on any atom is -0.465 e. The average molecular weight is 280 g/mol. The van der Waals surface area contributed by atoms with Crippen molar-refractivity contribution >= 4 is 0 Å². The van der Waals surface area contributed by atoms with Crippen molar-refractivity contribution in [1.82, 2.24) is 10.2 Å². The molecular formula is C16H28N2O2. The summed E-state index contributed by atoms with van der Waals surface area (Å²) in [5, 5.41) is 3.46. The van der Waals surface area contributed by atoms with E-state index in [1.54, 1.807) is 0 Å². The van der Waals surface area contributed by atoms with Crippen molar-refractivity contribution in [2.75, 3.05) is 26.3 Å². The van der Waals surface area contributed by atoms with Crippen molar-refractivity contribution in [3.63, 3.8) is 0 Å². The maximum absolute atomic E-state index is 5.86. The van der Waals surface area contributed by atoms with Gasteiger partial charge in [-0.3, -0.25) is 4.90 Å². The fraction of sp³-hybridized carbons (Fsp3) is 0.750. The van der Waals surface area contributed by atoms with Gasteiger partial charge in [-0.05, 0) is 40.2 Å². The summed E-state index contributed by atoms with van der Waals surface area (Å²) in [7, 11) is 0. The first-order chi connectivity index (χ1) is 9.44. The van der Waals surface area contributed by atoms with Crippen molar-refractivity contribution in [3.05, 3.63) is 23.2 Å². The molecule has 4 nitrogen and oxygen atoms in total. The molecule has 0 unspecified atom stereocenters. The van der Waals surface area contributed by atoms with Crippen LogP contribution in [0.15, 0.2) is 10.5 Å². The fourth-order valence-corrected chi connectivity index (χ4v) is 2.38. The number of rotatable bonds is 4. The molecule has 1 saturated heterocycles. The lowest BCUT2D eigenvalue weighted by molar-refractivity contribution is 0.140. The molecule has 0 amide bonds. The summed E-state index contributed by atoms with van der Waals surface area (Å²) in [5.74, 6) is 2.07. The first kappa shape index (κ1) is 15.5. The van der Waals surface area contributed by atoms with Gasteiger partial charge in [0.05, 0.1) is 13.2 Å². The molecule has 4 heteroatoms. The van der Waals surface area contributed by atoms with Crippen LogP contribution in [0.5, 0.6) is 0 Å². The monoisotopic (exact) mass is 280 g/mol. The van der Waals surface area contributed by atoms with Gasteiger partial charge in [0.2, 0.25) is 0 Å². The summed E-state index contributed by atoms with van der Waals surface area (Å²) in [4.78, 5) is 2.45. The minimum atomic E-state index is 0.114. The second-order valence-electron chi connectivity index (χ2n) is 6.64. The van der Waals surface area contributed by atoms with E-state index in [1.807, 2.05) is 0 Å². The Kier molecular flexibility index (Phi) is 5.24. The number of ether oxygens (including phenoxy) is 1. The Labute approximate surface area is 122 Å². The number of nitrogens with zero attached hydrogens (tertiary/aromatic N) is 1. The summed E-state index contributed by atoms with van der Waals surface area (Å²) in [5.41, 5.74) is 1.42. The molecule has 1 fully saturated rings. The first-order valence-electron chi connectivity index (χ1n) is 7.57. The summed E-state index contributed by atoms with van der Waals surface area (Å²) >= 11 is 0. The normalized spacial score (nSPS) is 18.2. The van der Waals surface area contributed by atoms with Gasteiger partial charge in [-0.2, -0.15) is 0 Å². The predicted octanol–water partition coefficient (Wildman–Crippen LogP) is 2.70. The van der Waals surface area contributed by atoms with E-state index in [4.69, 9.17) is 9.15 Å². The van der Waals surface area contributed by atoms with E-state index < -0.39 is 0 Å². The Balaban J connectivity index is 1.92. The van der Waals surface area contributed by atoms with Gasteiger partial charge in [0.25, 0.3) is 0 Å². The minimum absolute atomic E-state index is 0.114. The topological polar surface area (TPSA) is 37.6 Å². The van der Waals surface area contributed by atoms with Crippen molar-refractivity contribution in [2.24, 2.45) is 0 Å². The second kappa shape index (κ2) is 6.74. The van der Waals surface area contributed by atoms with Gasteiger partial charge in [0, 0.05) is 37.3 Å². The number of aryl methyl sites for hydroxylation is 1. The predicted molar refractivity (Wildman–Crippen MR) is 80.8 cm³/mol. The molecule has 1 aliphatic heterocycles. The molecule has 1 N–H and O–H groups in total. The van der Waals surface area contributed by atoms with E-state index in [0.29, 0.717) is 0 Å². The molecular weight excluding hydrogens is 252 g/mol. The smallest absolute Gasteiger partial charge is 0.118 e. The third-order valence-electron chi connectivity index (χ3n) is 3.57. The van der Waals surface area contributed by atoms with Crippen LogP contribution in [0.1, 0.15) is 44.3 Å². The average Bonchev–Trinajstić information content (AvgIpc) is 2.57. The van der Waals surface area contributed by atoms with Crippen LogP contribution in [-0.2, 0) is 17.8 Å². The van der Waals surface area contributed by atoms with Gasteiger partial charge < -0.3 is 14.5 Å². The highest BCUT2D eigenvalue weighted by molar-refractivity contribution is 5.21. The molecule has 114 valence electrons. The molecule has 0 saturated carbocycles. The largest absolute Gasteiger partial charge is 0.465 e.